The van der Waals surface area contributed by atoms with Crippen LogP contribution in [0.4, 0.5) is 61.5 Å². The van der Waals surface area contributed by atoms with Crippen molar-refractivity contribution in [2.24, 2.45) is 0 Å². The van der Waals surface area contributed by atoms with Crippen LogP contribution in [0.1, 0.15) is 64.0 Å². The molecule has 2 heterocycles. The lowest BCUT2D eigenvalue weighted by atomic mass is 9.86. The Hall–Kier alpha value is -7.50. The molecule has 0 fully saturated rings. The van der Waals surface area contributed by atoms with Gasteiger partial charge < -0.3 is 0 Å². The monoisotopic (exact) mass is 902 g/mol. The molecule has 6 nitrogen and oxygen atoms in total. The number of alkyl halides is 12. The summed E-state index contributed by atoms with van der Waals surface area (Å²) in [7, 11) is 0. The van der Waals surface area contributed by atoms with Gasteiger partial charge in [0, 0.05) is 22.3 Å². The fraction of sp³-hybridized carbons (Fsp3) is 0.100. The Labute approximate surface area is 344 Å². The van der Waals surface area contributed by atoms with Crippen molar-refractivity contribution in [3.63, 3.8) is 0 Å². The summed E-state index contributed by atoms with van der Waals surface area (Å²) < 4.78 is 203. The highest BCUT2D eigenvalue weighted by atomic mass is 32.1. The highest BCUT2D eigenvalue weighted by molar-refractivity contribution is 7.14. The fourth-order valence-electron chi connectivity index (χ4n) is 6.84. The Morgan fingerprint density at radius 1 is 0.452 bits per heavy atom. The maximum atomic E-state index is 14.7. The largest absolute Gasteiger partial charge is 0.419 e. The van der Waals surface area contributed by atoms with Crippen LogP contribution in [0, 0.1) is 79.6 Å². The molecule has 0 N–H and O–H groups in total. The minimum Gasteiger partial charge on any atom is -0.207 e. The van der Waals surface area contributed by atoms with E-state index < -0.39 is 168 Å². The molecule has 308 valence electrons. The Morgan fingerprint density at radius 3 is 1.03 bits per heavy atom. The van der Waals surface area contributed by atoms with E-state index in [0.717, 1.165) is 36.4 Å². The first-order valence-electron chi connectivity index (χ1n) is 16.2. The van der Waals surface area contributed by atoms with Gasteiger partial charge in [-0.2, -0.15) is 84.3 Å². The van der Waals surface area contributed by atoms with Crippen LogP contribution in [0.2, 0.25) is 0 Å². The average molecular weight is 903 g/mol. The van der Waals surface area contributed by atoms with Crippen molar-refractivity contribution >= 4 is 45.0 Å². The Bertz CT molecular complexity index is 2890. The average Bonchev–Trinajstić information content (AvgIpc) is 3.95. The molecule has 2 aromatic heterocycles. The molecule has 0 saturated carbocycles. The van der Waals surface area contributed by atoms with Gasteiger partial charge in [-0.25, -0.2) is 8.78 Å². The predicted molar refractivity (Wildman–Crippen MR) is 188 cm³/mol. The molecule has 0 unspecified atom stereocenters. The molecule has 2 aliphatic rings. The number of hydrogen-bond acceptors (Lipinski definition) is 8. The van der Waals surface area contributed by atoms with Gasteiger partial charge in [-0.1, -0.05) is 12.1 Å². The molecule has 0 spiro atoms. The third kappa shape index (κ3) is 7.26. The van der Waals surface area contributed by atoms with Crippen LogP contribution < -0.4 is 0 Å². The van der Waals surface area contributed by atoms with E-state index in [0.29, 0.717) is 24.3 Å². The van der Waals surface area contributed by atoms with E-state index in [9.17, 15) is 93.0 Å². The molecule has 0 radical (unpaired) electrons. The van der Waals surface area contributed by atoms with Gasteiger partial charge in [-0.15, -0.1) is 22.7 Å². The van der Waals surface area contributed by atoms with E-state index in [1.54, 1.807) is 12.1 Å². The number of thiophene rings is 2. The number of nitrogens with zero attached hydrogens (tertiary/aromatic N) is 6. The van der Waals surface area contributed by atoms with Crippen LogP contribution >= 0.6 is 22.7 Å². The molecule has 0 saturated heterocycles. The highest BCUT2D eigenvalue weighted by Gasteiger charge is 2.52. The summed E-state index contributed by atoms with van der Waals surface area (Å²) in [4.78, 5) is -6.29. The Morgan fingerprint density at radius 2 is 0.774 bits per heavy atom. The zero-order chi connectivity index (χ0) is 46.0. The first-order chi connectivity index (χ1) is 28.9. The summed E-state index contributed by atoms with van der Waals surface area (Å²) in [6.45, 7) is 0. The molecule has 6 rings (SSSR count). The highest BCUT2D eigenvalue weighted by Crippen LogP contribution is 2.58. The minimum absolute atomic E-state index is 0.456. The molecule has 62 heavy (non-hydrogen) atoms. The summed E-state index contributed by atoms with van der Waals surface area (Å²) in [5.41, 5.74) is -19.4. The van der Waals surface area contributed by atoms with Crippen molar-refractivity contribution in [3.8, 4) is 36.4 Å². The maximum absolute atomic E-state index is 14.7. The summed E-state index contributed by atoms with van der Waals surface area (Å²) in [6.07, 6.45) is -22.2. The quantitative estimate of drug-likeness (QED) is 0.147. The summed E-state index contributed by atoms with van der Waals surface area (Å²) in [6, 6.07) is 12.0. The van der Waals surface area contributed by atoms with Crippen LogP contribution in [0.5, 0.6) is 0 Å². The molecule has 2 aromatic carbocycles. The zero-order valence-corrected chi connectivity index (χ0v) is 31.0. The van der Waals surface area contributed by atoms with E-state index in [-0.39, 0.29) is 0 Å². The second-order valence-corrected chi connectivity index (χ2v) is 14.5. The summed E-state index contributed by atoms with van der Waals surface area (Å²) in [5, 5.41) is 60.1. The van der Waals surface area contributed by atoms with Crippen LogP contribution in [0.15, 0.2) is 70.8 Å². The van der Waals surface area contributed by atoms with Gasteiger partial charge in [0.2, 0.25) is 0 Å². The van der Waals surface area contributed by atoms with Gasteiger partial charge in [0.05, 0.1) is 66.4 Å². The van der Waals surface area contributed by atoms with E-state index in [2.05, 4.69) is 0 Å². The molecule has 0 amide bonds. The number of rotatable bonds is 4. The van der Waals surface area contributed by atoms with E-state index in [1.165, 1.54) is 12.1 Å². The second-order valence-electron chi connectivity index (χ2n) is 12.5. The SMILES string of the molecule is N#C/C(=C1\C(c2ccc(F)cc2C#N)=CC2=C1C=C(c1ccc(F)cc1C#N)/C2=C(\C#N)c1sc(C#N)c(C(F)(F)F)c1C(F)(F)F)c1sc(C#N)c(C(F)(F)F)c1C(F)(F)F. The minimum atomic E-state index is -5.98. The molecule has 0 aliphatic heterocycles. The van der Waals surface area contributed by atoms with Crippen molar-refractivity contribution in [1.29, 1.82) is 31.6 Å². The molecule has 0 atom stereocenters. The van der Waals surface area contributed by atoms with Gasteiger partial charge in [0.15, 0.2) is 0 Å². The second kappa shape index (κ2) is 15.2. The van der Waals surface area contributed by atoms with Gasteiger partial charge in [-0.3, -0.25) is 0 Å². The van der Waals surface area contributed by atoms with Gasteiger partial charge >= 0.3 is 24.7 Å². The number of hydrogen-bond donors (Lipinski definition) is 0. The lowest BCUT2D eigenvalue weighted by Crippen LogP contribution is -2.17. The number of allylic oxidation sites excluding steroid dienone is 10. The van der Waals surface area contributed by atoms with Crippen molar-refractivity contribution in [3.05, 3.63) is 146 Å². The summed E-state index contributed by atoms with van der Waals surface area (Å²) >= 11 is -0.913. The molecule has 22 heteroatoms. The first kappa shape index (κ1) is 44.1. The lowest BCUT2D eigenvalue weighted by molar-refractivity contribution is -0.161. The molecular formula is C40H8F14N6S2. The summed E-state index contributed by atoms with van der Waals surface area (Å²) in [5.74, 6) is -2.19. The van der Waals surface area contributed by atoms with Crippen LogP contribution in [0.25, 0.3) is 22.3 Å². The van der Waals surface area contributed by atoms with Crippen LogP contribution in [-0.4, -0.2) is 0 Å². The van der Waals surface area contributed by atoms with Gasteiger partial charge in [-0.05, 0) is 58.7 Å². The molecule has 0 bridgehead atoms. The predicted octanol–water partition coefficient (Wildman–Crippen LogP) is 12.4. The van der Waals surface area contributed by atoms with Crippen molar-refractivity contribution in [1.82, 2.24) is 0 Å². The van der Waals surface area contributed by atoms with Crippen molar-refractivity contribution in [2.75, 3.05) is 0 Å². The van der Waals surface area contributed by atoms with Crippen LogP contribution in [-0.2, 0) is 24.7 Å². The number of halogens is 14. The lowest BCUT2D eigenvalue weighted by Gasteiger charge is -2.17. The first-order valence-corrected chi connectivity index (χ1v) is 17.8. The van der Waals surface area contributed by atoms with Gasteiger partial charge in [0.1, 0.15) is 45.7 Å². The Kier molecular flexibility index (Phi) is 10.8. The molecule has 4 aromatic rings. The van der Waals surface area contributed by atoms with E-state index in [4.69, 9.17) is 0 Å². The fourth-order valence-corrected chi connectivity index (χ4v) is 9.12. The normalized spacial score (nSPS) is 15.7. The molecular weight excluding hydrogens is 895 g/mol. The number of nitriles is 6. The zero-order valence-electron chi connectivity index (χ0n) is 29.4. The topological polar surface area (TPSA) is 143 Å². The van der Waals surface area contributed by atoms with Crippen LogP contribution in [0.3, 0.4) is 0 Å². The smallest absolute Gasteiger partial charge is 0.207 e. The third-order valence-electron chi connectivity index (χ3n) is 9.06. The van der Waals surface area contributed by atoms with Crippen molar-refractivity contribution < 1.29 is 61.5 Å². The van der Waals surface area contributed by atoms with Gasteiger partial charge in [0.25, 0.3) is 0 Å². The van der Waals surface area contributed by atoms with E-state index in [1.807, 2.05) is 0 Å². The maximum Gasteiger partial charge on any atom is 0.419 e. The number of benzene rings is 2. The Balaban J connectivity index is 1.91. The van der Waals surface area contributed by atoms with Crippen molar-refractivity contribution in [2.45, 2.75) is 24.7 Å². The molecule has 2 aliphatic carbocycles. The standard InChI is InChI=1S/C40H8F14N6S2/c41-17-1-3-19(15(5-17)9-55)21-7-23-24(29(21)25(11-57)35-33(39(49,50)51)31(37(43,44)45)27(13-59)61-35)8-22(20-4-2-18(42)6-16(20)10-56)30(23)26(12-58)36-34(40(52,53)54)32(38(46,47)48)28(14-60)62-36/h1-8H/b29-25-,30-26-. The third-order valence-corrected chi connectivity index (χ3v) is 11.3. The van der Waals surface area contributed by atoms with E-state index >= 15 is 0 Å².